The van der Waals surface area contributed by atoms with Gasteiger partial charge in [0.1, 0.15) is 40.9 Å². The fraction of sp³-hybridized carbons (Fsp3) is 0.333. The van der Waals surface area contributed by atoms with Gasteiger partial charge in [-0.1, -0.05) is 0 Å². The zero-order valence-electron chi connectivity index (χ0n) is 15.1. The van der Waals surface area contributed by atoms with E-state index in [1.165, 1.54) is 18.0 Å². The lowest BCUT2D eigenvalue weighted by Crippen LogP contribution is -2.15. The predicted molar refractivity (Wildman–Crippen MR) is 103 cm³/mol. The van der Waals surface area contributed by atoms with Crippen molar-refractivity contribution < 1.29 is 9.84 Å². The molecule has 3 N–H and O–H groups in total. The molecular weight excluding hydrogens is 364 g/mol. The first-order valence-corrected chi connectivity index (χ1v) is 9.11. The average Bonchev–Trinajstić information content (AvgIpc) is 2.66. The third-order valence-corrected chi connectivity index (χ3v) is 4.50. The summed E-state index contributed by atoms with van der Waals surface area (Å²) in [6.45, 7) is 0.859. The molecule has 0 bridgehead atoms. The Labute approximate surface area is 162 Å². The van der Waals surface area contributed by atoms with E-state index in [0.29, 0.717) is 22.0 Å². The first-order valence-electron chi connectivity index (χ1n) is 8.13. The molecule has 0 spiro atoms. The van der Waals surface area contributed by atoms with Gasteiger partial charge in [0.2, 0.25) is 0 Å². The van der Waals surface area contributed by atoms with Gasteiger partial charge in [-0.25, -0.2) is 4.98 Å². The van der Waals surface area contributed by atoms with E-state index in [1.807, 2.05) is 25.1 Å². The van der Waals surface area contributed by atoms with Gasteiger partial charge in [0.25, 0.3) is 0 Å². The predicted octanol–water partition coefficient (Wildman–Crippen LogP) is 1.49. The van der Waals surface area contributed by atoms with E-state index in [4.69, 9.17) is 15.6 Å². The molecule has 27 heavy (non-hydrogen) atoms. The fourth-order valence-electron chi connectivity index (χ4n) is 2.26. The van der Waals surface area contributed by atoms with E-state index >= 15 is 0 Å². The van der Waals surface area contributed by atoms with Crippen molar-refractivity contribution in [2.45, 2.75) is 5.03 Å². The summed E-state index contributed by atoms with van der Waals surface area (Å²) in [5, 5.41) is 28.5. The van der Waals surface area contributed by atoms with Crippen LogP contribution in [-0.4, -0.2) is 59.6 Å². The molecule has 0 fully saturated rings. The Balaban J connectivity index is 2.48. The van der Waals surface area contributed by atoms with Crippen LogP contribution in [0, 0.1) is 22.7 Å². The molecule has 0 aliphatic carbocycles. The molecule has 0 saturated heterocycles. The number of nitrogens with two attached hydrogens (primary N) is 1. The maximum absolute atomic E-state index is 9.71. The molecule has 140 valence electrons. The summed E-state index contributed by atoms with van der Waals surface area (Å²) < 4.78 is 5.29. The van der Waals surface area contributed by atoms with E-state index in [0.717, 1.165) is 12.3 Å². The van der Waals surface area contributed by atoms with Crippen LogP contribution in [0.5, 0.6) is 5.75 Å². The van der Waals surface area contributed by atoms with E-state index in [9.17, 15) is 10.5 Å². The van der Waals surface area contributed by atoms with Gasteiger partial charge in [0, 0.05) is 17.9 Å². The smallest absolute Gasteiger partial charge is 0.143 e. The quantitative estimate of drug-likeness (QED) is 0.649. The highest BCUT2D eigenvalue weighted by Gasteiger charge is 2.21. The van der Waals surface area contributed by atoms with Gasteiger partial charge in [0.15, 0.2) is 0 Å². The van der Waals surface area contributed by atoms with Crippen molar-refractivity contribution in [2.75, 3.05) is 45.3 Å². The number of aliphatic hydroxyl groups is 1. The monoisotopic (exact) mass is 384 g/mol. The second-order valence-electron chi connectivity index (χ2n) is 5.75. The number of ether oxygens (including phenoxy) is 1. The molecule has 0 atom stereocenters. The summed E-state index contributed by atoms with van der Waals surface area (Å²) in [7, 11) is 3.92. The minimum atomic E-state index is -0.104. The number of anilines is 1. The van der Waals surface area contributed by atoms with Gasteiger partial charge in [-0.15, -0.1) is 11.8 Å². The van der Waals surface area contributed by atoms with Gasteiger partial charge in [0.05, 0.1) is 24.1 Å². The third kappa shape index (κ3) is 5.08. The van der Waals surface area contributed by atoms with Crippen molar-refractivity contribution in [3.63, 3.8) is 0 Å². The molecule has 0 aliphatic rings. The summed E-state index contributed by atoms with van der Waals surface area (Å²) in [5.74, 6) is 1.27. The van der Waals surface area contributed by atoms with Crippen molar-refractivity contribution in [3.8, 4) is 29.1 Å². The van der Waals surface area contributed by atoms with E-state index in [1.54, 1.807) is 12.1 Å². The van der Waals surface area contributed by atoms with Crippen LogP contribution >= 0.6 is 11.8 Å². The SMILES string of the molecule is CN(C)CCSc1nc(N)c(C#N)c(-c2ccc(OCCO)cn2)c1C#N. The third-order valence-electron chi connectivity index (χ3n) is 3.55. The molecule has 2 heterocycles. The first-order chi connectivity index (χ1) is 13.0. The Morgan fingerprint density at radius 1 is 1.26 bits per heavy atom. The Morgan fingerprint density at radius 3 is 2.56 bits per heavy atom. The van der Waals surface area contributed by atoms with E-state index in [-0.39, 0.29) is 30.2 Å². The maximum Gasteiger partial charge on any atom is 0.143 e. The minimum absolute atomic E-state index is 0.0706. The molecule has 2 aromatic rings. The average molecular weight is 384 g/mol. The molecule has 8 nitrogen and oxygen atoms in total. The highest BCUT2D eigenvalue weighted by Crippen LogP contribution is 2.35. The number of aliphatic hydroxyl groups excluding tert-OH is 1. The lowest BCUT2D eigenvalue weighted by atomic mass is 10.0. The number of hydrogen-bond acceptors (Lipinski definition) is 9. The van der Waals surface area contributed by atoms with Crippen LogP contribution < -0.4 is 10.5 Å². The molecule has 0 aliphatic heterocycles. The molecular formula is C18H20N6O2S. The molecule has 0 radical (unpaired) electrons. The zero-order valence-corrected chi connectivity index (χ0v) is 16.0. The van der Waals surface area contributed by atoms with Gasteiger partial charge >= 0.3 is 0 Å². The van der Waals surface area contributed by atoms with Crippen molar-refractivity contribution in [1.82, 2.24) is 14.9 Å². The second kappa shape index (κ2) is 9.74. The molecule has 0 unspecified atom stereocenters. The van der Waals surface area contributed by atoms with E-state index in [2.05, 4.69) is 16.0 Å². The van der Waals surface area contributed by atoms with Gasteiger partial charge in [-0.05, 0) is 26.2 Å². The van der Waals surface area contributed by atoms with Gasteiger partial charge in [-0.3, -0.25) is 4.98 Å². The van der Waals surface area contributed by atoms with Crippen molar-refractivity contribution in [2.24, 2.45) is 0 Å². The van der Waals surface area contributed by atoms with Crippen LogP contribution in [0.1, 0.15) is 11.1 Å². The standard InChI is InChI=1S/C18H20N6O2S/c1-24(2)5-8-27-18-14(10-20)16(13(9-19)17(21)23-18)15-4-3-12(11-22-15)26-7-6-25/h3-4,11,25H,5-8H2,1-2H3,(H2,21,23). The highest BCUT2D eigenvalue weighted by atomic mass is 32.2. The second-order valence-corrected chi connectivity index (χ2v) is 6.84. The number of pyridine rings is 2. The molecule has 0 amide bonds. The number of hydrogen-bond donors (Lipinski definition) is 2. The summed E-state index contributed by atoms with van der Waals surface area (Å²) in [6.07, 6.45) is 1.47. The Kier molecular flexibility index (Phi) is 7.38. The molecule has 2 aromatic heterocycles. The number of thioether (sulfide) groups is 1. The number of nitrogens with zero attached hydrogens (tertiary/aromatic N) is 5. The van der Waals surface area contributed by atoms with Crippen molar-refractivity contribution in [1.29, 1.82) is 10.5 Å². The fourth-order valence-corrected chi connectivity index (χ4v) is 3.37. The van der Waals surface area contributed by atoms with Crippen LogP contribution in [0.4, 0.5) is 5.82 Å². The zero-order chi connectivity index (χ0) is 19.8. The topological polar surface area (TPSA) is 132 Å². The van der Waals surface area contributed by atoms with Gasteiger partial charge < -0.3 is 20.5 Å². The minimum Gasteiger partial charge on any atom is -0.490 e. The summed E-state index contributed by atoms with van der Waals surface area (Å²) in [4.78, 5) is 10.6. The molecule has 0 aromatic carbocycles. The van der Waals surface area contributed by atoms with Crippen LogP contribution in [0.3, 0.4) is 0 Å². The van der Waals surface area contributed by atoms with Crippen molar-refractivity contribution >= 4 is 17.6 Å². The lowest BCUT2D eigenvalue weighted by molar-refractivity contribution is 0.201. The number of rotatable bonds is 8. The van der Waals surface area contributed by atoms with E-state index < -0.39 is 0 Å². The van der Waals surface area contributed by atoms with Crippen LogP contribution in [0.15, 0.2) is 23.4 Å². The lowest BCUT2D eigenvalue weighted by Gasteiger charge is -2.14. The Hall–Kier alpha value is -2.85. The van der Waals surface area contributed by atoms with Crippen LogP contribution in [-0.2, 0) is 0 Å². The molecule has 9 heteroatoms. The number of aromatic nitrogens is 2. The molecule has 0 saturated carbocycles. The largest absolute Gasteiger partial charge is 0.490 e. The number of nitrogen functional groups attached to an aromatic ring is 1. The van der Waals surface area contributed by atoms with Crippen molar-refractivity contribution in [3.05, 3.63) is 29.5 Å². The maximum atomic E-state index is 9.71. The summed E-state index contributed by atoms with van der Waals surface area (Å²) in [5.41, 5.74) is 7.18. The number of nitriles is 2. The highest BCUT2D eigenvalue weighted by molar-refractivity contribution is 7.99. The summed E-state index contributed by atoms with van der Waals surface area (Å²) in [6, 6.07) is 7.48. The van der Waals surface area contributed by atoms with Crippen LogP contribution in [0.2, 0.25) is 0 Å². The first kappa shape index (κ1) is 20.5. The molecule has 2 rings (SSSR count). The Morgan fingerprint density at radius 2 is 2.00 bits per heavy atom. The normalized spacial score (nSPS) is 10.4. The van der Waals surface area contributed by atoms with Crippen LogP contribution in [0.25, 0.3) is 11.3 Å². The Bertz CT molecular complexity index is 871. The van der Waals surface area contributed by atoms with Gasteiger partial charge in [-0.2, -0.15) is 10.5 Å². The summed E-state index contributed by atoms with van der Waals surface area (Å²) >= 11 is 1.41.